The van der Waals surface area contributed by atoms with Crippen LogP contribution in [-0.4, -0.2) is 25.1 Å². The Kier molecular flexibility index (Phi) is 5.60. The average Bonchev–Trinajstić information content (AvgIpc) is 3.02. The summed E-state index contributed by atoms with van der Waals surface area (Å²) in [4.78, 5) is 16.5. The van der Waals surface area contributed by atoms with Crippen molar-refractivity contribution >= 4 is 54.0 Å². The number of hydrogen-bond acceptors (Lipinski definition) is 5. The van der Waals surface area contributed by atoms with Gasteiger partial charge in [0.1, 0.15) is 0 Å². The molecule has 1 heterocycles. The van der Waals surface area contributed by atoms with Gasteiger partial charge in [0.15, 0.2) is 15.0 Å². The molecule has 0 aliphatic heterocycles. The first-order valence-corrected chi connectivity index (χ1v) is 11.0. The maximum atomic E-state index is 12.2. The molecule has 8 heteroatoms. The molecule has 0 unspecified atom stereocenters. The van der Waals surface area contributed by atoms with E-state index >= 15 is 0 Å². The summed E-state index contributed by atoms with van der Waals surface area (Å²) >= 11 is 7.43. The number of thiazole rings is 1. The molecule has 0 atom stereocenters. The molecule has 2 aromatic carbocycles. The van der Waals surface area contributed by atoms with E-state index in [1.54, 1.807) is 30.3 Å². The minimum Gasteiger partial charge on any atom is -0.302 e. The molecule has 5 nitrogen and oxygen atoms in total. The van der Waals surface area contributed by atoms with E-state index in [2.05, 4.69) is 10.3 Å². The van der Waals surface area contributed by atoms with Gasteiger partial charge >= 0.3 is 0 Å². The smallest absolute Gasteiger partial charge is 0.227 e. The fourth-order valence-electron chi connectivity index (χ4n) is 2.49. The molecule has 0 saturated heterocycles. The third-order valence-corrected chi connectivity index (χ3v) is 6.84. The fourth-order valence-corrected chi connectivity index (χ4v) is 5.06. The van der Waals surface area contributed by atoms with Crippen molar-refractivity contribution < 1.29 is 13.2 Å². The summed E-state index contributed by atoms with van der Waals surface area (Å²) in [7, 11) is -3.36. The molecular weight excluding hydrogens is 392 g/mol. The quantitative estimate of drug-likeness (QED) is 0.663. The number of benzene rings is 2. The van der Waals surface area contributed by atoms with Crippen molar-refractivity contribution in [3.05, 3.63) is 58.6 Å². The first kappa shape index (κ1) is 18.8. The van der Waals surface area contributed by atoms with E-state index in [9.17, 15) is 13.2 Å². The monoisotopic (exact) mass is 408 g/mol. The first-order chi connectivity index (χ1) is 12.3. The van der Waals surface area contributed by atoms with Gasteiger partial charge in [-0.05, 0) is 24.1 Å². The number of hydrogen-bond donors (Lipinski definition) is 1. The minimum atomic E-state index is -3.36. The molecule has 3 aromatic rings. The number of fused-ring (bicyclic) bond motifs is 1. The largest absolute Gasteiger partial charge is 0.302 e. The molecule has 0 spiro atoms. The van der Waals surface area contributed by atoms with Crippen molar-refractivity contribution in [3.8, 4) is 0 Å². The van der Waals surface area contributed by atoms with Gasteiger partial charge in [-0.15, -0.1) is 0 Å². The maximum Gasteiger partial charge on any atom is 0.227 e. The van der Waals surface area contributed by atoms with Gasteiger partial charge in [-0.2, -0.15) is 0 Å². The zero-order valence-corrected chi connectivity index (χ0v) is 16.4. The molecule has 0 aliphatic rings. The van der Waals surface area contributed by atoms with Gasteiger partial charge in [-0.1, -0.05) is 59.3 Å². The Morgan fingerprint density at radius 3 is 2.62 bits per heavy atom. The number of aromatic nitrogens is 1. The van der Waals surface area contributed by atoms with E-state index in [0.29, 0.717) is 15.7 Å². The number of carbonyl (C=O) groups is 1. The number of carbonyl (C=O) groups excluding carboxylic acids is 1. The van der Waals surface area contributed by atoms with Crippen LogP contribution in [0.2, 0.25) is 5.02 Å². The van der Waals surface area contributed by atoms with Crippen LogP contribution in [0.1, 0.15) is 17.5 Å². The molecule has 0 fully saturated rings. The molecular formula is C18H17ClN2O3S2. The molecule has 1 N–H and O–H groups in total. The third kappa shape index (κ3) is 4.60. The van der Waals surface area contributed by atoms with Gasteiger partial charge in [-0.25, -0.2) is 13.4 Å². The van der Waals surface area contributed by atoms with Crippen LogP contribution in [0.3, 0.4) is 0 Å². The zero-order valence-electron chi connectivity index (χ0n) is 14.0. The molecule has 1 amide bonds. The van der Waals surface area contributed by atoms with Crippen molar-refractivity contribution in [2.45, 2.75) is 19.1 Å². The number of halogens is 1. The van der Waals surface area contributed by atoms with Crippen LogP contribution >= 0.6 is 22.9 Å². The Labute approximate surface area is 160 Å². The summed E-state index contributed by atoms with van der Waals surface area (Å²) in [5.41, 5.74) is 2.42. The average molecular weight is 409 g/mol. The highest BCUT2D eigenvalue weighted by molar-refractivity contribution is 7.90. The van der Waals surface area contributed by atoms with E-state index in [1.165, 1.54) is 11.3 Å². The molecule has 26 heavy (non-hydrogen) atoms. The number of aryl methyl sites for hydroxylation is 1. The van der Waals surface area contributed by atoms with E-state index in [1.807, 2.05) is 19.1 Å². The molecule has 0 bridgehead atoms. The van der Waals surface area contributed by atoms with Crippen LogP contribution < -0.4 is 5.32 Å². The van der Waals surface area contributed by atoms with E-state index < -0.39 is 9.84 Å². The summed E-state index contributed by atoms with van der Waals surface area (Å²) in [6.07, 6.45) is -0.113. The first-order valence-electron chi connectivity index (χ1n) is 7.94. The van der Waals surface area contributed by atoms with Crippen LogP contribution in [0, 0.1) is 6.92 Å². The van der Waals surface area contributed by atoms with Crippen molar-refractivity contribution in [1.82, 2.24) is 4.98 Å². The van der Waals surface area contributed by atoms with Gasteiger partial charge in [-0.3, -0.25) is 4.79 Å². The SMILES string of the molecule is Cc1ccc(Cl)c2sc(NC(=O)CCS(=O)(=O)Cc3ccccc3)nc12. The third-order valence-electron chi connectivity index (χ3n) is 3.81. The molecule has 0 radical (unpaired) electrons. The highest BCUT2D eigenvalue weighted by Crippen LogP contribution is 2.33. The normalized spacial score (nSPS) is 11.6. The number of nitrogens with one attached hydrogen (secondary N) is 1. The van der Waals surface area contributed by atoms with E-state index in [0.717, 1.165) is 15.8 Å². The Bertz CT molecular complexity index is 1010. The topological polar surface area (TPSA) is 76.1 Å². The van der Waals surface area contributed by atoms with Crippen LogP contribution in [0.4, 0.5) is 5.13 Å². The number of amides is 1. The van der Waals surface area contributed by atoms with Crippen molar-refractivity contribution in [2.75, 3.05) is 11.1 Å². The van der Waals surface area contributed by atoms with Crippen molar-refractivity contribution in [2.24, 2.45) is 0 Å². The molecule has 136 valence electrons. The Balaban J connectivity index is 1.62. The van der Waals surface area contributed by atoms with Crippen LogP contribution in [0.5, 0.6) is 0 Å². The molecule has 0 aliphatic carbocycles. The van der Waals surface area contributed by atoms with E-state index in [4.69, 9.17) is 11.6 Å². The minimum absolute atomic E-state index is 0.0724. The van der Waals surface area contributed by atoms with Crippen LogP contribution in [0.25, 0.3) is 10.2 Å². The number of sulfone groups is 1. The van der Waals surface area contributed by atoms with Crippen LogP contribution in [0.15, 0.2) is 42.5 Å². The second-order valence-corrected chi connectivity index (χ2v) is 9.53. The fraction of sp³-hybridized carbons (Fsp3) is 0.222. The number of nitrogens with zero attached hydrogens (tertiary/aromatic N) is 1. The number of rotatable bonds is 6. The lowest BCUT2D eigenvalue weighted by atomic mass is 10.2. The number of anilines is 1. The summed E-state index contributed by atoms with van der Waals surface area (Å²) < 4.78 is 25.2. The van der Waals surface area contributed by atoms with Crippen molar-refractivity contribution in [1.29, 1.82) is 0 Å². The maximum absolute atomic E-state index is 12.2. The lowest BCUT2D eigenvalue weighted by Gasteiger charge is -2.04. The van der Waals surface area contributed by atoms with Gasteiger partial charge < -0.3 is 5.32 Å². The van der Waals surface area contributed by atoms with Gasteiger partial charge in [0.25, 0.3) is 0 Å². The standard InChI is InChI=1S/C18H17ClN2O3S2/c1-12-7-8-14(19)17-16(12)21-18(25-17)20-15(22)9-10-26(23,24)11-13-5-3-2-4-6-13/h2-8H,9-11H2,1H3,(H,20,21,22). The van der Waals surface area contributed by atoms with Gasteiger partial charge in [0.05, 0.1) is 26.7 Å². The molecule has 0 saturated carbocycles. The Hall–Kier alpha value is -1.96. The van der Waals surface area contributed by atoms with E-state index in [-0.39, 0.29) is 23.8 Å². The Morgan fingerprint density at radius 2 is 1.92 bits per heavy atom. The predicted octanol–water partition coefficient (Wildman–Crippen LogP) is 4.20. The summed E-state index contributed by atoms with van der Waals surface area (Å²) in [5, 5.41) is 3.66. The highest BCUT2D eigenvalue weighted by atomic mass is 35.5. The lowest BCUT2D eigenvalue weighted by molar-refractivity contribution is -0.115. The van der Waals surface area contributed by atoms with Crippen molar-refractivity contribution in [3.63, 3.8) is 0 Å². The highest BCUT2D eigenvalue weighted by Gasteiger charge is 2.16. The second kappa shape index (κ2) is 7.73. The second-order valence-electron chi connectivity index (χ2n) is 5.94. The molecule has 3 rings (SSSR count). The van der Waals surface area contributed by atoms with Gasteiger partial charge in [0.2, 0.25) is 5.91 Å². The Morgan fingerprint density at radius 1 is 1.19 bits per heavy atom. The predicted molar refractivity (Wildman–Crippen MR) is 107 cm³/mol. The van der Waals surface area contributed by atoms with Crippen LogP contribution in [-0.2, 0) is 20.4 Å². The molecule has 1 aromatic heterocycles. The summed E-state index contributed by atoms with van der Waals surface area (Å²) in [5.74, 6) is -0.662. The zero-order chi connectivity index (χ0) is 18.7. The summed E-state index contributed by atoms with van der Waals surface area (Å²) in [6, 6.07) is 12.6. The van der Waals surface area contributed by atoms with Gasteiger partial charge in [0, 0.05) is 6.42 Å². The summed E-state index contributed by atoms with van der Waals surface area (Å²) in [6.45, 7) is 1.92. The lowest BCUT2D eigenvalue weighted by Crippen LogP contribution is -2.18.